The van der Waals surface area contributed by atoms with Crippen LogP contribution in [0.25, 0.3) is 0 Å². The number of nitrogens with zero attached hydrogens (tertiary/aromatic N) is 1. The number of hydrazone groups is 1. The summed E-state index contributed by atoms with van der Waals surface area (Å²) in [7, 11) is 0. The number of halogens is 1. The van der Waals surface area contributed by atoms with Gasteiger partial charge in [0.15, 0.2) is 11.5 Å². The number of anilines is 1. The molecule has 2 aliphatic heterocycles. The third kappa shape index (κ3) is 2.05. The van der Waals surface area contributed by atoms with Crippen molar-refractivity contribution in [2.45, 2.75) is 6.42 Å². The van der Waals surface area contributed by atoms with Gasteiger partial charge in [0.2, 0.25) is 6.79 Å². The fourth-order valence-electron chi connectivity index (χ4n) is 2.74. The molecule has 0 aliphatic carbocycles. The van der Waals surface area contributed by atoms with E-state index in [0.29, 0.717) is 22.2 Å². The molecular formula is C16H14ClN3O2. The number of benzene rings is 2. The van der Waals surface area contributed by atoms with Crippen LogP contribution in [0.1, 0.15) is 16.7 Å². The Morgan fingerprint density at radius 2 is 2.00 bits per heavy atom. The van der Waals surface area contributed by atoms with Crippen LogP contribution >= 0.6 is 11.6 Å². The van der Waals surface area contributed by atoms with Gasteiger partial charge in [-0.05, 0) is 30.2 Å². The zero-order valence-electron chi connectivity index (χ0n) is 11.7. The molecule has 2 aliphatic rings. The predicted molar refractivity (Wildman–Crippen MR) is 85.8 cm³/mol. The van der Waals surface area contributed by atoms with Crippen LogP contribution in [0.3, 0.4) is 0 Å². The molecule has 112 valence electrons. The van der Waals surface area contributed by atoms with Crippen LogP contribution in [-0.2, 0) is 6.42 Å². The van der Waals surface area contributed by atoms with E-state index in [4.69, 9.17) is 26.8 Å². The Labute approximate surface area is 132 Å². The monoisotopic (exact) mass is 315 g/mol. The fourth-order valence-corrected chi connectivity index (χ4v) is 3.10. The highest BCUT2D eigenvalue weighted by atomic mass is 35.5. The third-order valence-electron chi connectivity index (χ3n) is 3.80. The minimum atomic E-state index is 0.199. The second kappa shape index (κ2) is 5.10. The van der Waals surface area contributed by atoms with Gasteiger partial charge in [0.1, 0.15) is 0 Å². The van der Waals surface area contributed by atoms with Gasteiger partial charge < -0.3 is 20.6 Å². The largest absolute Gasteiger partial charge is 0.454 e. The Balaban J connectivity index is 1.92. The molecule has 4 rings (SSSR count). The first-order valence-electron chi connectivity index (χ1n) is 7.02. The molecule has 0 spiro atoms. The maximum absolute atomic E-state index is 6.58. The number of ether oxygens (including phenoxy) is 2. The number of hydrogen-bond donors (Lipinski definition) is 2. The average molecular weight is 316 g/mol. The summed E-state index contributed by atoms with van der Waals surface area (Å²) in [4.78, 5) is 0. The lowest BCUT2D eigenvalue weighted by Gasteiger charge is -2.13. The number of fused-ring (bicyclic) bond motifs is 2. The van der Waals surface area contributed by atoms with Gasteiger partial charge in [0.25, 0.3) is 0 Å². The van der Waals surface area contributed by atoms with Gasteiger partial charge in [-0.25, -0.2) is 0 Å². The van der Waals surface area contributed by atoms with Gasteiger partial charge in [0.05, 0.1) is 10.7 Å². The second-order valence-electron chi connectivity index (χ2n) is 5.20. The molecule has 0 bridgehead atoms. The highest BCUT2D eigenvalue weighted by Gasteiger charge is 2.27. The van der Waals surface area contributed by atoms with E-state index in [9.17, 15) is 0 Å². The van der Waals surface area contributed by atoms with Crippen LogP contribution in [0, 0.1) is 0 Å². The maximum atomic E-state index is 6.58. The quantitative estimate of drug-likeness (QED) is 0.794. The van der Waals surface area contributed by atoms with Crippen LogP contribution in [0.4, 0.5) is 5.69 Å². The molecule has 0 radical (unpaired) electrons. The lowest BCUT2D eigenvalue weighted by molar-refractivity contribution is 0.174. The Bertz CT molecular complexity index is 772. The first-order chi connectivity index (χ1) is 10.7. The van der Waals surface area contributed by atoms with Crippen molar-refractivity contribution in [3.8, 4) is 11.5 Å². The molecule has 2 heterocycles. The van der Waals surface area contributed by atoms with Gasteiger partial charge >= 0.3 is 0 Å². The van der Waals surface area contributed by atoms with Crippen molar-refractivity contribution in [2.75, 3.05) is 19.1 Å². The van der Waals surface area contributed by atoms with Crippen LogP contribution in [0.15, 0.2) is 35.4 Å². The molecule has 22 heavy (non-hydrogen) atoms. The number of nitrogen functional groups attached to an aromatic ring is 1. The molecule has 3 N–H and O–H groups in total. The van der Waals surface area contributed by atoms with Gasteiger partial charge in [0, 0.05) is 23.4 Å². The minimum Gasteiger partial charge on any atom is -0.454 e. The van der Waals surface area contributed by atoms with Crippen molar-refractivity contribution in [3.63, 3.8) is 0 Å². The van der Waals surface area contributed by atoms with Gasteiger partial charge in [-0.3, -0.25) is 0 Å². The molecule has 0 aromatic heterocycles. The van der Waals surface area contributed by atoms with Crippen molar-refractivity contribution in [2.24, 2.45) is 5.10 Å². The minimum absolute atomic E-state index is 0.199. The fraction of sp³-hybridized carbons (Fsp3) is 0.188. The topological polar surface area (TPSA) is 68.9 Å². The Kier molecular flexibility index (Phi) is 3.08. The Hall–Kier alpha value is -2.40. The van der Waals surface area contributed by atoms with E-state index in [1.54, 1.807) is 0 Å². The lowest BCUT2D eigenvalue weighted by atomic mass is 9.95. The van der Waals surface area contributed by atoms with E-state index in [-0.39, 0.29) is 6.79 Å². The highest BCUT2D eigenvalue weighted by molar-refractivity contribution is 6.37. The molecule has 0 amide bonds. The highest BCUT2D eigenvalue weighted by Crippen LogP contribution is 2.44. The normalized spacial score (nSPS) is 15.6. The van der Waals surface area contributed by atoms with Crippen LogP contribution in [0.2, 0.25) is 5.02 Å². The zero-order chi connectivity index (χ0) is 15.1. The van der Waals surface area contributed by atoms with Crippen molar-refractivity contribution < 1.29 is 9.47 Å². The summed E-state index contributed by atoms with van der Waals surface area (Å²) in [5.74, 6) is 1.28. The van der Waals surface area contributed by atoms with Crippen LogP contribution in [-0.4, -0.2) is 19.0 Å². The summed E-state index contributed by atoms with van der Waals surface area (Å²) in [5, 5.41) is 5.04. The van der Waals surface area contributed by atoms with Crippen LogP contribution in [0.5, 0.6) is 11.5 Å². The molecule has 0 saturated carbocycles. The van der Waals surface area contributed by atoms with E-state index in [1.807, 2.05) is 30.3 Å². The molecule has 2 aromatic rings. The lowest BCUT2D eigenvalue weighted by Crippen LogP contribution is -2.10. The van der Waals surface area contributed by atoms with E-state index in [1.165, 1.54) is 0 Å². The third-order valence-corrected chi connectivity index (χ3v) is 4.17. The molecule has 5 nitrogen and oxygen atoms in total. The number of hydrogen-bond acceptors (Lipinski definition) is 5. The van der Waals surface area contributed by atoms with Gasteiger partial charge in [-0.15, -0.1) is 0 Å². The first kappa shape index (κ1) is 13.3. The van der Waals surface area contributed by atoms with Gasteiger partial charge in [-0.1, -0.05) is 23.7 Å². The van der Waals surface area contributed by atoms with Crippen molar-refractivity contribution in [3.05, 3.63) is 52.0 Å². The predicted octanol–water partition coefficient (Wildman–Crippen LogP) is 2.55. The molecule has 6 heteroatoms. The zero-order valence-corrected chi connectivity index (χ0v) is 12.5. The Morgan fingerprint density at radius 1 is 1.18 bits per heavy atom. The smallest absolute Gasteiger partial charge is 0.231 e. The Morgan fingerprint density at radius 3 is 2.82 bits per heavy atom. The molecule has 0 atom stereocenters. The van der Waals surface area contributed by atoms with Crippen molar-refractivity contribution in [1.82, 2.24) is 5.43 Å². The van der Waals surface area contributed by atoms with Crippen molar-refractivity contribution in [1.29, 1.82) is 0 Å². The number of rotatable bonds is 1. The first-order valence-corrected chi connectivity index (χ1v) is 7.39. The summed E-state index contributed by atoms with van der Waals surface area (Å²) in [5.41, 5.74) is 13.3. The van der Waals surface area contributed by atoms with Crippen molar-refractivity contribution >= 4 is 23.0 Å². The molecule has 0 unspecified atom stereocenters. The summed E-state index contributed by atoms with van der Waals surface area (Å²) >= 11 is 6.58. The SMILES string of the molecule is Nc1ccc(C2=NNCCc3cc4c(c(Cl)c32)OCO4)cc1. The molecule has 2 aromatic carbocycles. The summed E-state index contributed by atoms with van der Waals surface area (Å²) in [6.45, 7) is 0.936. The summed E-state index contributed by atoms with van der Waals surface area (Å²) in [6.07, 6.45) is 0.813. The van der Waals surface area contributed by atoms with Crippen LogP contribution < -0.4 is 20.6 Å². The molecule has 0 fully saturated rings. The molecular weight excluding hydrogens is 302 g/mol. The van der Waals surface area contributed by atoms with Gasteiger partial charge in [-0.2, -0.15) is 5.10 Å². The summed E-state index contributed by atoms with van der Waals surface area (Å²) < 4.78 is 10.9. The number of nitrogens with one attached hydrogen (secondary N) is 1. The summed E-state index contributed by atoms with van der Waals surface area (Å²) in [6, 6.07) is 9.56. The number of nitrogens with two attached hydrogens (primary N) is 1. The second-order valence-corrected chi connectivity index (χ2v) is 5.58. The van der Waals surface area contributed by atoms with E-state index in [0.717, 1.165) is 35.4 Å². The van der Waals surface area contributed by atoms with E-state index < -0.39 is 0 Å². The van der Waals surface area contributed by atoms with E-state index >= 15 is 0 Å². The standard InChI is InChI=1S/C16H14ClN3O2/c17-14-13-10(7-12-16(14)22-8-21-12)5-6-19-20-15(13)9-1-3-11(18)4-2-9/h1-4,7,19H,5-6,8,18H2. The van der Waals surface area contributed by atoms with E-state index in [2.05, 4.69) is 10.5 Å². The maximum Gasteiger partial charge on any atom is 0.231 e. The average Bonchev–Trinajstić information content (AvgIpc) is 2.88. The molecule has 0 saturated heterocycles.